The minimum Gasteiger partial charge on any atom is -0.373 e. The molecule has 0 saturated carbocycles. The van der Waals surface area contributed by atoms with Gasteiger partial charge >= 0.3 is 0 Å². The summed E-state index contributed by atoms with van der Waals surface area (Å²) in [4.78, 5) is 11.5. The Morgan fingerprint density at radius 3 is 2.40 bits per heavy atom. The van der Waals surface area contributed by atoms with Crippen molar-refractivity contribution >= 4 is 11.6 Å². The van der Waals surface area contributed by atoms with Crippen LogP contribution < -0.4 is 10.6 Å². The number of nitrogens with zero attached hydrogens (tertiary/aromatic N) is 3. The van der Waals surface area contributed by atoms with E-state index < -0.39 is 0 Å². The van der Waals surface area contributed by atoms with Crippen LogP contribution in [0.2, 0.25) is 0 Å². The van der Waals surface area contributed by atoms with E-state index in [0.717, 1.165) is 49.0 Å². The molecule has 20 heavy (non-hydrogen) atoms. The van der Waals surface area contributed by atoms with Crippen LogP contribution in [0.3, 0.4) is 0 Å². The van der Waals surface area contributed by atoms with Crippen LogP contribution in [-0.4, -0.2) is 48.1 Å². The van der Waals surface area contributed by atoms with Crippen molar-refractivity contribution in [2.75, 3.05) is 37.8 Å². The topological polar surface area (TPSA) is 53.1 Å². The van der Waals surface area contributed by atoms with Gasteiger partial charge in [-0.1, -0.05) is 6.92 Å². The summed E-state index contributed by atoms with van der Waals surface area (Å²) in [6.45, 7) is 10.5. The van der Waals surface area contributed by atoms with E-state index in [-0.39, 0.29) is 0 Å². The Labute approximate surface area is 123 Å². The molecule has 0 aliphatic carbocycles. The predicted molar refractivity (Wildman–Crippen MR) is 86.6 cm³/mol. The highest BCUT2D eigenvalue weighted by molar-refractivity contribution is 5.57. The number of likely N-dealkylation sites (N-methyl/N-ethyl adjacent to an activating group) is 1. The highest BCUT2D eigenvalue weighted by atomic mass is 15.1. The highest BCUT2D eigenvalue weighted by Crippen LogP contribution is 2.19. The molecule has 1 aromatic rings. The first kappa shape index (κ1) is 16.7. The largest absolute Gasteiger partial charge is 0.373 e. The molecule has 1 rings (SSSR count). The summed E-state index contributed by atoms with van der Waals surface area (Å²) in [6.07, 6.45) is 1.97. The van der Waals surface area contributed by atoms with Gasteiger partial charge in [0.25, 0.3) is 0 Å². The number of anilines is 2. The smallest absolute Gasteiger partial charge is 0.134 e. The molecule has 1 aromatic heterocycles. The van der Waals surface area contributed by atoms with Crippen molar-refractivity contribution in [2.45, 2.75) is 46.6 Å². The second-order valence-corrected chi connectivity index (χ2v) is 5.46. The zero-order valence-corrected chi connectivity index (χ0v) is 13.7. The molecule has 5 nitrogen and oxygen atoms in total. The second kappa shape index (κ2) is 8.04. The summed E-state index contributed by atoms with van der Waals surface area (Å²) < 4.78 is 0. The quantitative estimate of drug-likeness (QED) is 0.766. The number of hydrogen-bond donors (Lipinski definition) is 2. The molecule has 0 aliphatic rings. The molecule has 0 aliphatic heterocycles. The predicted octanol–water partition coefficient (Wildman–Crippen LogP) is 2.53. The number of aryl methyl sites for hydroxylation is 1. The zero-order chi connectivity index (χ0) is 15.1. The molecule has 0 saturated heterocycles. The Bertz CT molecular complexity index is 417. The van der Waals surface area contributed by atoms with Gasteiger partial charge in [0.05, 0.1) is 0 Å². The summed E-state index contributed by atoms with van der Waals surface area (Å²) in [5, 5.41) is 6.59. The monoisotopic (exact) mass is 279 g/mol. The lowest BCUT2D eigenvalue weighted by molar-refractivity contribution is 0.284. The summed E-state index contributed by atoms with van der Waals surface area (Å²) >= 11 is 0. The third kappa shape index (κ3) is 4.63. The first-order valence-corrected chi connectivity index (χ1v) is 7.48. The Balaban J connectivity index is 2.75. The van der Waals surface area contributed by atoms with E-state index in [9.17, 15) is 0 Å². The Morgan fingerprint density at radius 2 is 1.85 bits per heavy atom. The standard InChI is InChI=1S/C15H29N5/c1-7-8-13-18-14(16-5)12(4)15(19-13)17-9-10-20(6)11(2)3/h11H,7-10H2,1-6H3,(H2,16,17,18,19). The molecule has 0 bridgehead atoms. The van der Waals surface area contributed by atoms with Crippen molar-refractivity contribution in [2.24, 2.45) is 0 Å². The number of nitrogens with one attached hydrogen (secondary N) is 2. The molecule has 0 amide bonds. The molecule has 2 N–H and O–H groups in total. The maximum Gasteiger partial charge on any atom is 0.134 e. The van der Waals surface area contributed by atoms with E-state index in [1.165, 1.54) is 0 Å². The SMILES string of the molecule is CCCc1nc(NC)c(C)c(NCCN(C)C(C)C)n1. The van der Waals surface area contributed by atoms with Crippen molar-refractivity contribution in [3.63, 3.8) is 0 Å². The van der Waals surface area contributed by atoms with Gasteiger partial charge in [0, 0.05) is 38.2 Å². The van der Waals surface area contributed by atoms with Crippen molar-refractivity contribution in [3.8, 4) is 0 Å². The fourth-order valence-electron chi connectivity index (χ4n) is 1.92. The molecule has 0 fully saturated rings. The van der Waals surface area contributed by atoms with Crippen molar-refractivity contribution < 1.29 is 0 Å². The Kier molecular flexibility index (Phi) is 6.71. The molecular formula is C15H29N5. The fourth-order valence-corrected chi connectivity index (χ4v) is 1.92. The zero-order valence-electron chi connectivity index (χ0n) is 13.7. The van der Waals surface area contributed by atoms with E-state index in [2.05, 4.69) is 60.2 Å². The van der Waals surface area contributed by atoms with Crippen LogP contribution in [0.5, 0.6) is 0 Å². The lowest BCUT2D eigenvalue weighted by Gasteiger charge is -2.21. The van der Waals surface area contributed by atoms with Crippen LogP contribution >= 0.6 is 0 Å². The molecule has 114 valence electrons. The second-order valence-electron chi connectivity index (χ2n) is 5.46. The van der Waals surface area contributed by atoms with Crippen LogP contribution in [0.1, 0.15) is 38.6 Å². The average Bonchev–Trinajstić information content (AvgIpc) is 2.41. The molecule has 1 heterocycles. The molecule has 5 heteroatoms. The van der Waals surface area contributed by atoms with Gasteiger partial charge in [0.15, 0.2) is 0 Å². The fraction of sp³-hybridized carbons (Fsp3) is 0.733. The Hall–Kier alpha value is -1.36. The van der Waals surface area contributed by atoms with E-state index in [1.807, 2.05) is 7.05 Å². The van der Waals surface area contributed by atoms with Crippen LogP contribution in [0.25, 0.3) is 0 Å². The third-order valence-electron chi connectivity index (χ3n) is 3.54. The van der Waals surface area contributed by atoms with E-state index >= 15 is 0 Å². The first-order chi connectivity index (χ1) is 9.49. The average molecular weight is 279 g/mol. The molecule has 0 atom stereocenters. The van der Waals surface area contributed by atoms with Crippen LogP contribution in [0.15, 0.2) is 0 Å². The van der Waals surface area contributed by atoms with Gasteiger partial charge in [-0.05, 0) is 34.2 Å². The van der Waals surface area contributed by atoms with Crippen molar-refractivity contribution in [1.29, 1.82) is 0 Å². The summed E-state index contributed by atoms with van der Waals surface area (Å²) in [6, 6.07) is 0.562. The normalized spacial score (nSPS) is 11.2. The molecule has 0 aromatic carbocycles. The van der Waals surface area contributed by atoms with E-state index in [0.29, 0.717) is 6.04 Å². The van der Waals surface area contributed by atoms with Crippen molar-refractivity contribution in [1.82, 2.24) is 14.9 Å². The number of rotatable bonds is 8. The summed E-state index contributed by atoms with van der Waals surface area (Å²) in [5.74, 6) is 2.77. The minimum atomic E-state index is 0.562. The minimum absolute atomic E-state index is 0.562. The van der Waals surface area contributed by atoms with Crippen LogP contribution in [0.4, 0.5) is 11.6 Å². The van der Waals surface area contributed by atoms with Crippen LogP contribution in [-0.2, 0) is 6.42 Å². The maximum absolute atomic E-state index is 4.63. The van der Waals surface area contributed by atoms with Crippen molar-refractivity contribution in [3.05, 3.63) is 11.4 Å². The maximum atomic E-state index is 4.63. The molecule has 0 radical (unpaired) electrons. The highest BCUT2D eigenvalue weighted by Gasteiger charge is 2.10. The van der Waals surface area contributed by atoms with Gasteiger partial charge in [-0.2, -0.15) is 0 Å². The van der Waals surface area contributed by atoms with Gasteiger partial charge < -0.3 is 15.5 Å². The molecular weight excluding hydrogens is 250 g/mol. The van der Waals surface area contributed by atoms with E-state index in [1.54, 1.807) is 0 Å². The molecule has 0 unspecified atom stereocenters. The summed E-state index contributed by atoms with van der Waals surface area (Å²) in [5.41, 5.74) is 1.08. The van der Waals surface area contributed by atoms with Gasteiger partial charge in [-0.3, -0.25) is 0 Å². The van der Waals surface area contributed by atoms with Gasteiger partial charge in [-0.15, -0.1) is 0 Å². The lowest BCUT2D eigenvalue weighted by Crippen LogP contribution is -2.31. The van der Waals surface area contributed by atoms with E-state index in [4.69, 9.17) is 0 Å². The first-order valence-electron chi connectivity index (χ1n) is 7.48. The van der Waals surface area contributed by atoms with Gasteiger partial charge in [0.1, 0.15) is 17.5 Å². The molecule has 0 spiro atoms. The van der Waals surface area contributed by atoms with Gasteiger partial charge in [-0.25, -0.2) is 9.97 Å². The third-order valence-corrected chi connectivity index (χ3v) is 3.54. The van der Waals surface area contributed by atoms with Gasteiger partial charge in [0.2, 0.25) is 0 Å². The number of hydrogen-bond acceptors (Lipinski definition) is 5. The Morgan fingerprint density at radius 1 is 1.20 bits per heavy atom. The van der Waals surface area contributed by atoms with Crippen LogP contribution in [0, 0.1) is 6.92 Å². The number of aromatic nitrogens is 2. The lowest BCUT2D eigenvalue weighted by atomic mass is 10.2. The summed E-state index contributed by atoms with van der Waals surface area (Å²) in [7, 11) is 4.04.